The van der Waals surface area contributed by atoms with Gasteiger partial charge in [-0.05, 0) is 18.9 Å². The zero-order chi connectivity index (χ0) is 9.14. The number of para-hydroxylation sites is 1. The third kappa shape index (κ3) is 1.27. The molecular formula is C8H7NO3. The van der Waals surface area contributed by atoms with Crippen molar-refractivity contribution < 1.29 is 15.0 Å². The number of aromatic carboxylic acids is 1. The van der Waals surface area contributed by atoms with Gasteiger partial charge in [0.15, 0.2) is 5.75 Å². The predicted molar refractivity (Wildman–Crippen MR) is 44.3 cm³/mol. The molecule has 12 heavy (non-hydrogen) atoms. The lowest BCUT2D eigenvalue weighted by atomic mass is 10.2. The summed E-state index contributed by atoms with van der Waals surface area (Å²) in [6.45, 7) is 3.19. The predicted octanol–water partition coefficient (Wildman–Crippen LogP) is 1.42. The minimum atomic E-state index is -1.18. The molecule has 0 atom stereocenters. The molecule has 0 radical (unpaired) electrons. The van der Waals surface area contributed by atoms with Crippen molar-refractivity contribution in [1.29, 1.82) is 0 Å². The van der Waals surface area contributed by atoms with Gasteiger partial charge in [-0.3, -0.25) is 4.99 Å². The number of carboxylic acids is 1. The van der Waals surface area contributed by atoms with Gasteiger partial charge in [0.25, 0.3) is 0 Å². The van der Waals surface area contributed by atoms with E-state index in [4.69, 9.17) is 5.11 Å². The third-order valence-corrected chi connectivity index (χ3v) is 1.42. The second-order valence-corrected chi connectivity index (χ2v) is 2.14. The molecule has 62 valence electrons. The van der Waals surface area contributed by atoms with Crippen molar-refractivity contribution in [2.24, 2.45) is 4.99 Å². The number of hydrogen-bond donors (Lipinski definition) is 2. The van der Waals surface area contributed by atoms with E-state index in [2.05, 4.69) is 11.7 Å². The molecule has 0 saturated heterocycles. The van der Waals surface area contributed by atoms with Crippen LogP contribution in [0.3, 0.4) is 0 Å². The Hall–Kier alpha value is -1.84. The maximum absolute atomic E-state index is 10.5. The monoisotopic (exact) mass is 165 g/mol. The zero-order valence-corrected chi connectivity index (χ0v) is 6.19. The largest absolute Gasteiger partial charge is 0.505 e. The van der Waals surface area contributed by atoms with Crippen molar-refractivity contribution in [3.8, 4) is 5.75 Å². The molecule has 4 heteroatoms. The topological polar surface area (TPSA) is 69.9 Å². The lowest BCUT2D eigenvalue weighted by Gasteiger charge is -2.00. The molecule has 4 nitrogen and oxygen atoms in total. The summed E-state index contributed by atoms with van der Waals surface area (Å²) in [6, 6.07) is 4.27. The highest BCUT2D eigenvalue weighted by atomic mass is 16.4. The zero-order valence-electron chi connectivity index (χ0n) is 6.19. The molecule has 0 aliphatic rings. The maximum Gasteiger partial charge on any atom is 0.339 e. The van der Waals surface area contributed by atoms with E-state index < -0.39 is 5.97 Å². The fourth-order valence-electron chi connectivity index (χ4n) is 0.831. The van der Waals surface area contributed by atoms with Crippen molar-refractivity contribution >= 4 is 18.4 Å². The van der Waals surface area contributed by atoms with Gasteiger partial charge in [0, 0.05) is 0 Å². The van der Waals surface area contributed by atoms with E-state index in [1.807, 2.05) is 0 Å². The number of aliphatic imine (C=N–C) groups is 1. The van der Waals surface area contributed by atoms with Gasteiger partial charge in [-0.2, -0.15) is 0 Å². The highest BCUT2D eigenvalue weighted by molar-refractivity contribution is 5.92. The van der Waals surface area contributed by atoms with Gasteiger partial charge in [0.1, 0.15) is 11.3 Å². The smallest absolute Gasteiger partial charge is 0.339 e. The Morgan fingerprint density at radius 1 is 1.50 bits per heavy atom. The second-order valence-electron chi connectivity index (χ2n) is 2.14. The molecule has 0 spiro atoms. The molecule has 0 amide bonds. The van der Waals surface area contributed by atoms with E-state index in [-0.39, 0.29) is 17.0 Å². The molecule has 1 rings (SSSR count). The molecule has 0 unspecified atom stereocenters. The fourth-order valence-corrected chi connectivity index (χ4v) is 0.831. The van der Waals surface area contributed by atoms with Gasteiger partial charge >= 0.3 is 5.97 Å². The Balaban J connectivity index is 3.32. The molecule has 0 aliphatic carbocycles. The molecule has 2 N–H and O–H groups in total. The molecule has 0 fully saturated rings. The molecule has 1 aromatic carbocycles. The van der Waals surface area contributed by atoms with Crippen LogP contribution in [0.5, 0.6) is 5.75 Å². The summed E-state index contributed by atoms with van der Waals surface area (Å²) in [7, 11) is 0. The first-order chi connectivity index (χ1) is 5.66. The first-order valence-corrected chi connectivity index (χ1v) is 3.19. The first kappa shape index (κ1) is 8.26. The number of hydrogen-bond acceptors (Lipinski definition) is 3. The number of carbonyl (C=O) groups is 1. The Morgan fingerprint density at radius 3 is 2.67 bits per heavy atom. The van der Waals surface area contributed by atoms with Crippen LogP contribution in [0.2, 0.25) is 0 Å². The SMILES string of the molecule is C=Nc1cccc(C(=O)O)c1O. The summed E-state index contributed by atoms with van der Waals surface area (Å²) in [6.07, 6.45) is 0. The van der Waals surface area contributed by atoms with E-state index in [9.17, 15) is 9.90 Å². The summed E-state index contributed by atoms with van der Waals surface area (Å²) in [5.41, 5.74) is 0.00907. The van der Waals surface area contributed by atoms with E-state index in [0.29, 0.717) is 0 Å². The van der Waals surface area contributed by atoms with Crippen LogP contribution in [0.4, 0.5) is 5.69 Å². The number of benzene rings is 1. The average Bonchev–Trinajstić information content (AvgIpc) is 2.04. The van der Waals surface area contributed by atoms with Gasteiger partial charge in [-0.15, -0.1) is 0 Å². The number of nitrogens with zero attached hydrogens (tertiary/aromatic N) is 1. The molecule has 0 aromatic heterocycles. The Morgan fingerprint density at radius 2 is 2.17 bits per heavy atom. The van der Waals surface area contributed by atoms with Crippen LogP contribution in [-0.2, 0) is 0 Å². The summed E-state index contributed by atoms with van der Waals surface area (Å²) < 4.78 is 0. The number of phenols is 1. The molecule has 0 saturated carbocycles. The van der Waals surface area contributed by atoms with Gasteiger partial charge in [0.2, 0.25) is 0 Å². The standard InChI is InChI=1S/C8H7NO3/c1-9-6-4-2-3-5(7(6)10)8(11)12/h2-4,10H,1H2,(H,11,12). The van der Waals surface area contributed by atoms with Crippen molar-refractivity contribution in [2.45, 2.75) is 0 Å². The normalized spacial score (nSPS) is 9.33. The van der Waals surface area contributed by atoms with Crippen LogP contribution >= 0.6 is 0 Å². The van der Waals surface area contributed by atoms with Crippen molar-refractivity contribution in [3.63, 3.8) is 0 Å². The maximum atomic E-state index is 10.5. The number of carboxylic acid groups (broad SMARTS) is 1. The minimum Gasteiger partial charge on any atom is -0.505 e. The second kappa shape index (κ2) is 3.04. The summed E-state index contributed by atoms with van der Waals surface area (Å²) in [5, 5.41) is 17.8. The highest BCUT2D eigenvalue weighted by Crippen LogP contribution is 2.29. The van der Waals surface area contributed by atoms with Crippen LogP contribution in [0.1, 0.15) is 10.4 Å². The van der Waals surface area contributed by atoms with Gasteiger partial charge in [-0.25, -0.2) is 4.79 Å². The minimum absolute atomic E-state index is 0.167. The fraction of sp³-hybridized carbons (Fsp3) is 0. The van der Waals surface area contributed by atoms with Gasteiger partial charge in [-0.1, -0.05) is 6.07 Å². The summed E-state index contributed by atoms with van der Waals surface area (Å²) in [5.74, 6) is -1.53. The van der Waals surface area contributed by atoms with Crippen LogP contribution in [-0.4, -0.2) is 22.9 Å². The summed E-state index contributed by atoms with van der Waals surface area (Å²) in [4.78, 5) is 13.9. The van der Waals surface area contributed by atoms with E-state index in [0.717, 1.165) is 0 Å². The lowest BCUT2D eigenvalue weighted by molar-refractivity contribution is 0.0694. The quantitative estimate of drug-likeness (QED) is 0.651. The Labute approximate surface area is 68.8 Å². The summed E-state index contributed by atoms with van der Waals surface area (Å²) >= 11 is 0. The Kier molecular flexibility index (Phi) is 2.09. The van der Waals surface area contributed by atoms with E-state index >= 15 is 0 Å². The van der Waals surface area contributed by atoms with Crippen molar-refractivity contribution in [2.75, 3.05) is 0 Å². The number of rotatable bonds is 2. The van der Waals surface area contributed by atoms with Gasteiger partial charge in [0.05, 0.1) is 0 Å². The van der Waals surface area contributed by atoms with Crippen molar-refractivity contribution in [1.82, 2.24) is 0 Å². The van der Waals surface area contributed by atoms with Crippen molar-refractivity contribution in [3.05, 3.63) is 23.8 Å². The van der Waals surface area contributed by atoms with Crippen LogP contribution in [0, 0.1) is 0 Å². The van der Waals surface area contributed by atoms with E-state index in [1.165, 1.54) is 18.2 Å². The molecule has 0 bridgehead atoms. The first-order valence-electron chi connectivity index (χ1n) is 3.19. The average molecular weight is 165 g/mol. The third-order valence-electron chi connectivity index (χ3n) is 1.42. The van der Waals surface area contributed by atoms with Crippen LogP contribution < -0.4 is 0 Å². The van der Waals surface area contributed by atoms with Crippen LogP contribution in [0.25, 0.3) is 0 Å². The molecular weight excluding hydrogens is 158 g/mol. The van der Waals surface area contributed by atoms with E-state index in [1.54, 1.807) is 0 Å². The highest BCUT2D eigenvalue weighted by Gasteiger charge is 2.11. The molecule has 1 aromatic rings. The Bertz CT molecular complexity index is 333. The molecule has 0 heterocycles. The van der Waals surface area contributed by atoms with Gasteiger partial charge < -0.3 is 10.2 Å². The van der Waals surface area contributed by atoms with Crippen LogP contribution in [0.15, 0.2) is 23.2 Å². The number of aromatic hydroxyl groups is 1. The lowest BCUT2D eigenvalue weighted by Crippen LogP contribution is -1.95. The molecule has 0 aliphatic heterocycles.